The molecule has 0 fully saturated rings. The molecule has 15 heavy (non-hydrogen) atoms. The highest BCUT2D eigenvalue weighted by atomic mass is 32.1. The molecule has 0 aliphatic heterocycles. The largest absolute Gasteiger partial charge is 0.392 e. The fourth-order valence-corrected chi connectivity index (χ4v) is 3.13. The van der Waals surface area contributed by atoms with E-state index in [1.807, 2.05) is 6.92 Å². The molecule has 1 heterocycles. The molecule has 0 aromatic carbocycles. The van der Waals surface area contributed by atoms with E-state index in [2.05, 4.69) is 17.2 Å². The number of nitrogens with zero attached hydrogens (tertiary/aromatic N) is 1. The number of aryl methyl sites for hydroxylation is 2. The van der Waals surface area contributed by atoms with Crippen LogP contribution < -0.4 is 5.32 Å². The second-order valence-corrected chi connectivity index (χ2v) is 5.48. The number of thiazole rings is 1. The Morgan fingerprint density at radius 1 is 1.67 bits per heavy atom. The molecule has 1 aromatic rings. The summed E-state index contributed by atoms with van der Waals surface area (Å²) in [6, 6.07) is 0.412. The zero-order chi connectivity index (χ0) is 10.8. The fourth-order valence-electron chi connectivity index (χ4n) is 2.05. The molecule has 4 heteroatoms. The molecule has 2 atom stereocenters. The first-order valence-corrected chi connectivity index (χ1v) is 6.36. The third kappa shape index (κ3) is 2.56. The predicted molar refractivity (Wildman–Crippen MR) is 62.2 cm³/mol. The second kappa shape index (κ2) is 4.60. The van der Waals surface area contributed by atoms with Crippen LogP contribution in [0.25, 0.3) is 0 Å². The van der Waals surface area contributed by atoms with Gasteiger partial charge in [0, 0.05) is 17.5 Å². The smallest absolute Gasteiger partial charge is 0.0900 e. The van der Waals surface area contributed by atoms with Crippen LogP contribution in [0.15, 0.2) is 0 Å². The molecule has 0 amide bonds. The summed E-state index contributed by atoms with van der Waals surface area (Å²) in [5.74, 6) is 0. The van der Waals surface area contributed by atoms with Crippen molar-refractivity contribution in [1.29, 1.82) is 0 Å². The van der Waals surface area contributed by atoms with Crippen LogP contribution in [-0.4, -0.2) is 22.7 Å². The summed E-state index contributed by atoms with van der Waals surface area (Å²) < 4.78 is 0. The lowest BCUT2D eigenvalue weighted by Gasteiger charge is -2.23. The molecule has 3 nitrogen and oxygen atoms in total. The summed E-state index contributed by atoms with van der Waals surface area (Å²) in [6.07, 6.45) is 3.21. The normalized spacial score (nSPS) is 22.5. The van der Waals surface area contributed by atoms with Crippen LogP contribution in [-0.2, 0) is 6.42 Å². The molecule has 1 aromatic heterocycles. The van der Waals surface area contributed by atoms with Crippen LogP contribution in [0, 0.1) is 6.92 Å². The van der Waals surface area contributed by atoms with E-state index < -0.39 is 0 Å². The van der Waals surface area contributed by atoms with Crippen LogP contribution >= 0.6 is 11.3 Å². The molecular weight excluding hydrogens is 208 g/mol. The van der Waals surface area contributed by atoms with E-state index in [0.717, 1.165) is 11.4 Å². The molecule has 0 saturated carbocycles. The molecule has 84 valence electrons. The minimum absolute atomic E-state index is 0.274. The second-order valence-electron chi connectivity index (χ2n) is 4.25. The highest BCUT2D eigenvalue weighted by Gasteiger charge is 2.23. The molecule has 0 saturated heterocycles. The summed E-state index contributed by atoms with van der Waals surface area (Å²) in [4.78, 5) is 5.93. The van der Waals surface area contributed by atoms with Gasteiger partial charge in [-0.3, -0.25) is 0 Å². The van der Waals surface area contributed by atoms with Gasteiger partial charge >= 0.3 is 0 Å². The Morgan fingerprint density at radius 2 is 2.47 bits per heavy atom. The van der Waals surface area contributed by atoms with E-state index in [9.17, 15) is 5.11 Å². The van der Waals surface area contributed by atoms with Crippen molar-refractivity contribution in [2.24, 2.45) is 0 Å². The number of hydrogen-bond acceptors (Lipinski definition) is 4. The quantitative estimate of drug-likeness (QED) is 0.826. The van der Waals surface area contributed by atoms with Crippen LogP contribution in [0.1, 0.15) is 41.4 Å². The van der Waals surface area contributed by atoms with Gasteiger partial charge in [-0.05, 0) is 33.1 Å². The van der Waals surface area contributed by atoms with E-state index in [-0.39, 0.29) is 6.10 Å². The predicted octanol–water partition coefficient (Wildman–Crippen LogP) is 1.80. The lowest BCUT2D eigenvalue weighted by Crippen LogP contribution is -2.30. The Morgan fingerprint density at radius 3 is 3.20 bits per heavy atom. The number of aromatic nitrogens is 1. The molecule has 1 aliphatic rings. The molecule has 0 spiro atoms. The van der Waals surface area contributed by atoms with Crippen molar-refractivity contribution in [3.8, 4) is 0 Å². The van der Waals surface area contributed by atoms with Crippen LogP contribution in [0.4, 0.5) is 0 Å². The molecule has 2 N–H and O–H groups in total. The van der Waals surface area contributed by atoms with Crippen LogP contribution in [0.5, 0.6) is 0 Å². The van der Waals surface area contributed by atoms with Crippen molar-refractivity contribution in [2.45, 2.75) is 45.3 Å². The average molecular weight is 226 g/mol. The molecule has 0 radical (unpaired) electrons. The van der Waals surface area contributed by atoms with Crippen molar-refractivity contribution in [3.63, 3.8) is 0 Å². The van der Waals surface area contributed by atoms with Crippen molar-refractivity contribution >= 4 is 11.3 Å². The fraction of sp³-hybridized carbons (Fsp3) is 0.727. The summed E-state index contributed by atoms with van der Waals surface area (Å²) in [7, 11) is 0. The van der Waals surface area contributed by atoms with Crippen LogP contribution in [0.3, 0.4) is 0 Å². The van der Waals surface area contributed by atoms with Gasteiger partial charge in [0.1, 0.15) is 0 Å². The molecule has 1 aliphatic carbocycles. The van der Waals surface area contributed by atoms with Gasteiger partial charge in [0.2, 0.25) is 0 Å². The summed E-state index contributed by atoms with van der Waals surface area (Å²) in [5, 5.41) is 13.8. The number of hydrogen-bond donors (Lipinski definition) is 2. The van der Waals surface area contributed by atoms with E-state index in [1.165, 1.54) is 23.4 Å². The maximum Gasteiger partial charge on any atom is 0.0900 e. The zero-order valence-electron chi connectivity index (χ0n) is 9.29. The number of aliphatic hydroxyl groups excluding tert-OH is 1. The minimum atomic E-state index is -0.274. The Hall–Kier alpha value is -0.450. The monoisotopic (exact) mass is 226 g/mol. The van der Waals surface area contributed by atoms with E-state index in [0.29, 0.717) is 12.6 Å². The first kappa shape index (κ1) is 11.0. The Bertz CT molecular complexity index is 335. The number of fused-ring (bicyclic) bond motifs is 1. The molecule has 2 unspecified atom stereocenters. The summed E-state index contributed by atoms with van der Waals surface area (Å²) in [6.45, 7) is 4.55. The van der Waals surface area contributed by atoms with Gasteiger partial charge in [-0.25, -0.2) is 4.98 Å². The van der Waals surface area contributed by atoms with Crippen molar-refractivity contribution in [2.75, 3.05) is 6.54 Å². The lowest BCUT2D eigenvalue weighted by molar-refractivity contribution is 0.184. The SMILES string of the molecule is Cc1nc2c(s1)C(NCC(C)O)CCC2. The highest BCUT2D eigenvalue weighted by molar-refractivity contribution is 7.11. The maximum absolute atomic E-state index is 9.26. The van der Waals surface area contributed by atoms with E-state index in [1.54, 1.807) is 11.3 Å². The van der Waals surface area contributed by atoms with Gasteiger partial charge in [0.15, 0.2) is 0 Å². The lowest BCUT2D eigenvalue weighted by atomic mass is 9.98. The van der Waals surface area contributed by atoms with Crippen molar-refractivity contribution in [3.05, 3.63) is 15.6 Å². The van der Waals surface area contributed by atoms with Gasteiger partial charge in [0.25, 0.3) is 0 Å². The standard InChI is InChI=1S/C11H18N2OS/c1-7(14)6-12-9-4-3-5-10-11(9)15-8(2)13-10/h7,9,12,14H,3-6H2,1-2H3. The zero-order valence-corrected chi connectivity index (χ0v) is 10.1. The third-order valence-corrected chi connectivity index (χ3v) is 3.84. The average Bonchev–Trinajstić information content (AvgIpc) is 2.55. The Labute approximate surface area is 94.5 Å². The Balaban J connectivity index is 2.08. The van der Waals surface area contributed by atoms with Gasteiger partial charge in [-0.1, -0.05) is 0 Å². The molecular formula is C11H18N2OS. The summed E-state index contributed by atoms with van der Waals surface area (Å²) >= 11 is 1.79. The van der Waals surface area contributed by atoms with Crippen molar-refractivity contribution < 1.29 is 5.11 Å². The number of nitrogens with one attached hydrogen (secondary N) is 1. The van der Waals surface area contributed by atoms with Gasteiger partial charge in [0.05, 0.1) is 16.8 Å². The highest BCUT2D eigenvalue weighted by Crippen LogP contribution is 2.33. The van der Waals surface area contributed by atoms with Gasteiger partial charge < -0.3 is 10.4 Å². The first-order valence-electron chi connectivity index (χ1n) is 5.54. The van der Waals surface area contributed by atoms with E-state index >= 15 is 0 Å². The van der Waals surface area contributed by atoms with Gasteiger partial charge in [-0.2, -0.15) is 0 Å². The van der Waals surface area contributed by atoms with Crippen molar-refractivity contribution in [1.82, 2.24) is 10.3 Å². The minimum Gasteiger partial charge on any atom is -0.392 e. The summed E-state index contributed by atoms with van der Waals surface area (Å²) in [5.41, 5.74) is 1.27. The number of aliphatic hydroxyl groups is 1. The third-order valence-electron chi connectivity index (χ3n) is 2.72. The number of rotatable bonds is 3. The topological polar surface area (TPSA) is 45.2 Å². The van der Waals surface area contributed by atoms with Gasteiger partial charge in [-0.15, -0.1) is 11.3 Å². The Kier molecular flexibility index (Phi) is 3.38. The van der Waals surface area contributed by atoms with E-state index in [4.69, 9.17) is 0 Å². The first-order chi connectivity index (χ1) is 7.16. The van der Waals surface area contributed by atoms with Crippen LogP contribution in [0.2, 0.25) is 0 Å². The molecule has 2 rings (SSSR count). The molecule has 0 bridgehead atoms. The maximum atomic E-state index is 9.26.